The van der Waals surface area contributed by atoms with Crippen molar-refractivity contribution in [2.45, 2.75) is 46.3 Å². The van der Waals surface area contributed by atoms with Gasteiger partial charge in [-0.15, -0.1) is 0 Å². The third kappa shape index (κ3) is 6.02. The van der Waals surface area contributed by atoms with Gasteiger partial charge < -0.3 is 15.0 Å². The maximum absolute atomic E-state index is 14.3. The van der Waals surface area contributed by atoms with Gasteiger partial charge in [-0.05, 0) is 51.4 Å². The summed E-state index contributed by atoms with van der Waals surface area (Å²) in [4.78, 5) is 1.89. The molecule has 1 rings (SSSR count). The van der Waals surface area contributed by atoms with Crippen molar-refractivity contribution in [2.24, 2.45) is 0 Å². The van der Waals surface area contributed by atoms with Gasteiger partial charge in [0.1, 0.15) is 5.82 Å². The summed E-state index contributed by atoms with van der Waals surface area (Å²) in [5, 5.41) is 3.37. The highest BCUT2D eigenvalue weighted by atomic mass is 19.1. The number of halogens is 1. The molecule has 0 aliphatic rings. The molecule has 0 aliphatic carbocycles. The van der Waals surface area contributed by atoms with Crippen molar-refractivity contribution in [3.8, 4) is 0 Å². The van der Waals surface area contributed by atoms with Crippen LogP contribution in [0.15, 0.2) is 18.2 Å². The van der Waals surface area contributed by atoms with E-state index in [-0.39, 0.29) is 18.0 Å². The normalized spacial score (nSPS) is 12.7. The summed E-state index contributed by atoms with van der Waals surface area (Å²) in [6.07, 6.45) is 1.28. The first-order valence-electron chi connectivity index (χ1n) is 7.81. The maximum Gasteiger partial charge on any atom is 0.146 e. The predicted molar refractivity (Wildman–Crippen MR) is 87.5 cm³/mol. The molecule has 1 unspecified atom stereocenters. The van der Waals surface area contributed by atoms with Gasteiger partial charge in [0.2, 0.25) is 0 Å². The van der Waals surface area contributed by atoms with Crippen molar-refractivity contribution in [3.05, 3.63) is 29.6 Å². The van der Waals surface area contributed by atoms with E-state index in [0.717, 1.165) is 18.5 Å². The van der Waals surface area contributed by atoms with E-state index in [4.69, 9.17) is 4.74 Å². The molecule has 3 nitrogen and oxygen atoms in total. The number of hydrogen-bond donors (Lipinski definition) is 1. The molecule has 0 amide bonds. The monoisotopic (exact) mass is 296 g/mol. The van der Waals surface area contributed by atoms with E-state index >= 15 is 0 Å². The van der Waals surface area contributed by atoms with Crippen molar-refractivity contribution in [1.82, 2.24) is 5.32 Å². The highest BCUT2D eigenvalue weighted by molar-refractivity contribution is 5.48. The molecule has 0 saturated carbocycles. The third-order valence-corrected chi connectivity index (χ3v) is 3.46. The van der Waals surface area contributed by atoms with Gasteiger partial charge in [-0.25, -0.2) is 4.39 Å². The number of rotatable bonds is 9. The summed E-state index contributed by atoms with van der Waals surface area (Å²) < 4.78 is 19.8. The predicted octanol–water partition coefficient (Wildman–Crippen LogP) is 3.75. The molecule has 0 aliphatic heterocycles. The molecule has 0 heterocycles. The first-order chi connectivity index (χ1) is 9.95. The molecule has 21 heavy (non-hydrogen) atoms. The number of nitrogens with zero attached hydrogens (tertiary/aromatic N) is 1. The Balaban J connectivity index is 2.64. The lowest BCUT2D eigenvalue weighted by atomic mass is 10.1. The topological polar surface area (TPSA) is 24.5 Å². The Kier molecular flexibility index (Phi) is 7.68. The number of hydrogen-bond acceptors (Lipinski definition) is 3. The molecule has 1 aromatic rings. The van der Waals surface area contributed by atoms with Crippen LogP contribution >= 0.6 is 0 Å². The fourth-order valence-electron chi connectivity index (χ4n) is 2.13. The van der Waals surface area contributed by atoms with E-state index in [1.54, 1.807) is 6.07 Å². The minimum Gasteiger partial charge on any atom is -0.377 e. The number of nitrogens with one attached hydrogen (secondary N) is 1. The maximum atomic E-state index is 14.3. The van der Waals surface area contributed by atoms with Crippen molar-refractivity contribution in [2.75, 3.05) is 31.6 Å². The van der Waals surface area contributed by atoms with Crippen molar-refractivity contribution >= 4 is 5.69 Å². The van der Waals surface area contributed by atoms with Gasteiger partial charge in [0.25, 0.3) is 0 Å². The molecule has 0 aromatic heterocycles. The van der Waals surface area contributed by atoms with E-state index in [1.165, 1.54) is 0 Å². The number of anilines is 1. The van der Waals surface area contributed by atoms with E-state index in [1.807, 2.05) is 37.9 Å². The summed E-state index contributed by atoms with van der Waals surface area (Å²) in [5.41, 5.74) is 1.60. The Morgan fingerprint density at radius 1 is 1.29 bits per heavy atom. The molecule has 0 bridgehead atoms. The van der Waals surface area contributed by atoms with Gasteiger partial charge in [0, 0.05) is 19.6 Å². The smallest absolute Gasteiger partial charge is 0.146 e. The van der Waals surface area contributed by atoms with Crippen LogP contribution in [0, 0.1) is 5.82 Å². The zero-order valence-electron chi connectivity index (χ0n) is 13.9. The standard InChI is InChI=1S/C17H29FN2O/c1-6-9-19-14(4)15-7-8-17(16(18)12-15)20(5)10-11-21-13(2)3/h7-8,12-14,19H,6,9-11H2,1-5H3. The zero-order valence-corrected chi connectivity index (χ0v) is 13.9. The van der Waals surface area contributed by atoms with Crippen LogP contribution in [0.2, 0.25) is 0 Å². The van der Waals surface area contributed by atoms with Crippen LogP contribution in [0.3, 0.4) is 0 Å². The Bertz CT molecular complexity index is 423. The Labute approximate surface area is 128 Å². The molecule has 1 atom stereocenters. The molecule has 0 fully saturated rings. The van der Waals surface area contributed by atoms with E-state index in [0.29, 0.717) is 18.8 Å². The summed E-state index contributed by atoms with van der Waals surface area (Å²) in [7, 11) is 1.89. The molecule has 0 saturated heterocycles. The Hall–Kier alpha value is -1.13. The lowest BCUT2D eigenvalue weighted by Gasteiger charge is -2.22. The first kappa shape index (κ1) is 17.9. The molecule has 0 spiro atoms. The van der Waals surface area contributed by atoms with Gasteiger partial charge in [-0.3, -0.25) is 0 Å². The second-order valence-electron chi connectivity index (χ2n) is 5.73. The van der Waals surface area contributed by atoms with Gasteiger partial charge in [-0.2, -0.15) is 0 Å². The van der Waals surface area contributed by atoms with Crippen LogP contribution in [0.4, 0.5) is 10.1 Å². The average Bonchev–Trinajstić information content (AvgIpc) is 2.43. The number of benzene rings is 1. The molecule has 120 valence electrons. The fourth-order valence-corrected chi connectivity index (χ4v) is 2.13. The van der Waals surface area contributed by atoms with Crippen LogP contribution < -0.4 is 10.2 Å². The van der Waals surface area contributed by atoms with Crippen LogP contribution in [0.5, 0.6) is 0 Å². The summed E-state index contributed by atoms with van der Waals surface area (Å²) >= 11 is 0. The van der Waals surface area contributed by atoms with Gasteiger partial charge in [-0.1, -0.05) is 13.0 Å². The number of ether oxygens (including phenoxy) is 1. The van der Waals surface area contributed by atoms with Gasteiger partial charge in [0.15, 0.2) is 0 Å². The van der Waals surface area contributed by atoms with Crippen LogP contribution in [-0.4, -0.2) is 32.8 Å². The fraction of sp³-hybridized carbons (Fsp3) is 0.647. The molecule has 4 heteroatoms. The molecular formula is C17H29FN2O. The summed E-state index contributed by atoms with van der Waals surface area (Å²) in [5.74, 6) is -0.176. The molecule has 0 radical (unpaired) electrons. The van der Waals surface area contributed by atoms with Crippen LogP contribution in [0.25, 0.3) is 0 Å². The van der Waals surface area contributed by atoms with Gasteiger partial charge >= 0.3 is 0 Å². The molecular weight excluding hydrogens is 267 g/mol. The first-order valence-corrected chi connectivity index (χ1v) is 7.81. The zero-order chi connectivity index (χ0) is 15.8. The van der Waals surface area contributed by atoms with E-state index in [2.05, 4.69) is 19.2 Å². The minimum atomic E-state index is -0.176. The SMILES string of the molecule is CCCNC(C)c1ccc(N(C)CCOC(C)C)c(F)c1. The average molecular weight is 296 g/mol. The van der Waals surface area contributed by atoms with Crippen molar-refractivity contribution in [3.63, 3.8) is 0 Å². The van der Waals surface area contributed by atoms with Crippen LogP contribution in [-0.2, 0) is 4.74 Å². The highest BCUT2D eigenvalue weighted by Crippen LogP contribution is 2.22. The number of likely N-dealkylation sites (N-methyl/N-ethyl adjacent to an activating group) is 1. The third-order valence-electron chi connectivity index (χ3n) is 3.46. The second-order valence-corrected chi connectivity index (χ2v) is 5.73. The molecule has 1 N–H and O–H groups in total. The van der Waals surface area contributed by atoms with Crippen molar-refractivity contribution in [1.29, 1.82) is 0 Å². The Morgan fingerprint density at radius 3 is 2.57 bits per heavy atom. The van der Waals surface area contributed by atoms with E-state index in [9.17, 15) is 4.39 Å². The van der Waals surface area contributed by atoms with Crippen LogP contribution in [0.1, 0.15) is 45.7 Å². The summed E-state index contributed by atoms with van der Waals surface area (Å²) in [6, 6.07) is 5.64. The van der Waals surface area contributed by atoms with E-state index < -0.39 is 0 Å². The highest BCUT2D eigenvalue weighted by Gasteiger charge is 2.11. The lowest BCUT2D eigenvalue weighted by Crippen LogP contribution is -2.25. The Morgan fingerprint density at radius 2 is 2.00 bits per heavy atom. The second kappa shape index (κ2) is 9.00. The lowest BCUT2D eigenvalue weighted by molar-refractivity contribution is 0.0845. The van der Waals surface area contributed by atoms with Crippen molar-refractivity contribution < 1.29 is 9.13 Å². The largest absolute Gasteiger partial charge is 0.377 e. The molecule has 1 aromatic carbocycles. The summed E-state index contributed by atoms with van der Waals surface area (Å²) in [6.45, 7) is 10.4. The quantitative estimate of drug-likeness (QED) is 0.751. The minimum absolute atomic E-state index is 0.170. The van der Waals surface area contributed by atoms with Gasteiger partial charge in [0.05, 0.1) is 18.4 Å².